The van der Waals surface area contributed by atoms with Crippen LogP contribution < -0.4 is 10.1 Å². The fourth-order valence-electron chi connectivity index (χ4n) is 1.52. The van der Waals surface area contributed by atoms with Crippen molar-refractivity contribution in [1.29, 1.82) is 0 Å². The van der Waals surface area contributed by atoms with Crippen molar-refractivity contribution in [3.63, 3.8) is 0 Å². The van der Waals surface area contributed by atoms with Crippen LogP contribution in [-0.2, 0) is 16.1 Å². The summed E-state index contributed by atoms with van der Waals surface area (Å²) < 4.78 is 16.1. The van der Waals surface area contributed by atoms with Gasteiger partial charge in [-0.15, -0.1) is 0 Å². The topological polar surface area (TPSA) is 65.5 Å². The van der Waals surface area contributed by atoms with Gasteiger partial charge < -0.3 is 19.5 Å². The minimum Gasteiger partial charge on any atom is -0.477 e. The zero-order chi connectivity index (χ0) is 15.0. The average Bonchev–Trinajstić information content (AvgIpc) is 2.39. The van der Waals surface area contributed by atoms with E-state index in [0.717, 1.165) is 18.8 Å². The maximum Gasteiger partial charge on any atom is 0.218 e. The molecule has 0 aliphatic heterocycles. The fourth-order valence-corrected chi connectivity index (χ4v) is 1.52. The van der Waals surface area contributed by atoms with E-state index in [2.05, 4.69) is 15.3 Å². The van der Waals surface area contributed by atoms with Gasteiger partial charge in [0, 0.05) is 33.3 Å². The fraction of sp³-hybridized carbons (Fsp3) is 0.714. The van der Waals surface area contributed by atoms with Crippen molar-refractivity contribution in [2.45, 2.75) is 39.4 Å². The monoisotopic (exact) mass is 283 g/mol. The van der Waals surface area contributed by atoms with E-state index in [0.29, 0.717) is 24.9 Å². The quantitative estimate of drug-likeness (QED) is 0.750. The molecule has 0 saturated carbocycles. The maximum atomic E-state index is 5.69. The van der Waals surface area contributed by atoms with Gasteiger partial charge >= 0.3 is 0 Å². The number of anilines is 1. The third kappa shape index (κ3) is 5.71. The number of nitrogens with zero attached hydrogens (tertiary/aromatic N) is 2. The minimum absolute atomic E-state index is 0.201. The first-order chi connectivity index (χ1) is 9.50. The van der Waals surface area contributed by atoms with Crippen LogP contribution >= 0.6 is 0 Å². The summed E-state index contributed by atoms with van der Waals surface area (Å²) in [6.07, 6.45) is 0.781. The first kappa shape index (κ1) is 16.7. The highest BCUT2D eigenvalue weighted by atomic mass is 16.5. The van der Waals surface area contributed by atoms with Crippen LogP contribution in [0.1, 0.15) is 33.0 Å². The molecule has 1 N–H and O–H groups in total. The molecule has 0 amide bonds. The molecule has 0 spiro atoms. The molecule has 0 radical (unpaired) electrons. The van der Waals surface area contributed by atoms with Crippen LogP contribution in [0.4, 0.5) is 5.82 Å². The lowest BCUT2D eigenvalue weighted by molar-refractivity contribution is 0.00503. The summed E-state index contributed by atoms with van der Waals surface area (Å²) in [6, 6.07) is 1.79. The van der Waals surface area contributed by atoms with E-state index in [4.69, 9.17) is 14.2 Å². The van der Waals surface area contributed by atoms with Crippen LogP contribution in [-0.4, -0.2) is 42.9 Å². The first-order valence-electron chi connectivity index (χ1n) is 6.79. The molecule has 20 heavy (non-hydrogen) atoms. The van der Waals surface area contributed by atoms with E-state index in [9.17, 15) is 0 Å². The number of nitrogens with one attached hydrogen (secondary N) is 1. The lowest BCUT2D eigenvalue weighted by Crippen LogP contribution is -2.25. The van der Waals surface area contributed by atoms with Crippen molar-refractivity contribution in [3.8, 4) is 5.88 Å². The number of hydrogen-bond donors (Lipinski definition) is 1. The van der Waals surface area contributed by atoms with Crippen molar-refractivity contribution < 1.29 is 14.2 Å². The Hall–Kier alpha value is -1.40. The minimum atomic E-state index is -0.201. The molecule has 0 unspecified atom stereocenters. The van der Waals surface area contributed by atoms with Crippen molar-refractivity contribution in [1.82, 2.24) is 9.97 Å². The molecule has 114 valence electrons. The third-order valence-corrected chi connectivity index (χ3v) is 2.89. The first-order valence-corrected chi connectivity index (χ1v) is 6.79. The van der Waals surface area contributed by atoms with Crippen LogP contribution in [0, 0.1) is 0 Å². The van der Waals surface area contributed by atoms with E-state index in [1.807, 2.05) is 20.8 Å². The Morgan fingerprint density at radius 1 is 1.25 bits per heavy atom. The number of ether oxygens (including phenoxy) is 3. The van der Waals surface area contributed by atoms with Crippen molar-refractivity contribution in [3.05, 3.63) is 11.9 Å². The molecular weight excluding hydrogens is 258 g/mol. The predicted octanol–water partition coefficient (Wildman–Crippen LogP) is 2.25. The van der Waals surface area contributed by atoms with Crippen LogP contribution in [0.15, 0.2) is 6.07 Å². The van der Waals surface area contributed by atoms with Gasteiger partial charge in [-0.1, -0.05) is 0 Å². The standard InChI is InChI=1S/C14H25N3O3/c1-6-15-11-9-13(17-12(16-11)10-18-4)20-8-7-14(2,3)19-5/h9H,6-8,10H2,1-5H3,(H,15,16,17). The zero-order valence-corrected chi connectivity index (χ0v) is 13.0. The summed E-state index contributed by atoms with van der Waals surface area (Å²) >= 11 is 0. The molecule has 1 aromatic heterocycles. The van der Waals surface area contributed by atoms with Gasteiger partial charge in [0.05, 0.1) is 12.2 Å². The third-order valence-electron chi connectivity index (χ3n) is 2.89. The number of aromatic nitrogens is 2. The van der Waals surface area contributed by atoms with Crippen molar-refractivity contribution in [2.24, 2.45) is 0 Å². The molecule has 0 saturated heterocycles. The molecule has 0 aliphatic carbocycles. The Morgan fingerprint density at radius 2 is 2.00 bits per heavy atom. The van der Waals surface area contributed by atoms with Crippen LogP contribution in [0.5, 0.6) is 5.88 Å². The predicted molar refractivity (Wildman–Crippen MR) is 78.1 cm³/mol. The van der Waals surface area contributed by atoms with E-state index in [1.54, 1.807) is 20.3 Å². The Bertz CT molecular complexity index is 386. The molecule has 1 aromatic rings. The Kier molecular flexibility index (Phi) is 6.67. The van der Waals surface area contributed by atoms with E-state index in [-0.39, 0.29) is 5.60 Å². The smallest absolute Gasteiger partial charge is 0.218 e. The highest BCUT2D eigenvalue weighted by molar-refractivity contribution is 5.38. The summed E-state index contributed by atoms with van der Waals surface area (Å²) in [7, 11) is 3.32. The van der Waals surface area contributed by atoms with E-state index < -0.39 is 0 Å². The highest BCUT2D eigenvalue weighted by Gasteiger charge is 2.16. The SMILES string of the molecule is CCNc1cc(OCCC(C)(C)OC)nc(COC)n1. The average molecular weight is 283 g/mol. The van der Waals surface area contributed by atoms with Gasteiger partial charge in [0.25, 0.3) is 0 Å². The summed E-state index contributed by atoms with van der Waals surface area (Å²) in [5.74, 6) is 1.90. The number of methoxy groups -OCH3 is 2. The molecule has 0 fully saturated rings. The van der Waals surface area contributed by atoms with Crippen molar-refractivity contribution in [2.75, 3.05) is 32.7 Å². The molecule has 0 aromatic carbocycles. The van der Waals surface area contributed by atoms with Gasteiger partial charge in [-0.2, -0.15) is 4.98 Å². The molecule has 6 heteroatoms. The van der Waals surface area contributed by atoms with Gasteiger partial charge in [-0.25, -0.2) is 4.98 Å². The Labute approximate surface area is 120 Å². The summed E-state index contributed by atoms with van der Waals surface area (Å²) in [5, 5.41) is 3.15. The van der Waals surface area contributed by atoms with Crippen LogP contribution in [0.2, 0.25) is 0 Å². The molecule has 0 atom stereocenters. The Morgan fingerprint density at radius 3 is 2.60 bits per heavy atom. The molecule has 0 bridgehead atoms. The second-order valence-electron chi connectivity index (χ2n) is 5.03. The highest BCUT2D eigenvalue weighted by Crippen LogP contribution is 2.17. The molecular formula is C14H25N3O3. The lowest BCUT2D eigenvalue weighted by Gasteiger charge is -2.22. The molecule has 6 nitrogen and oxygen atoms in total. The molecule has 1 rings (SSSR count). The van der Waals surface area contributed by atoms with Gasteiger partial charge in [0.2, 0.25) is 5.88 Å². The second-order valence-corrected chi connectivity index (χ2v) is 5.03. The number of hydrogen-bond acceptors (Lipinski definition) is 6. The van der Waals surface area contributed by atoms with Crippen LogP contribution in [0.25, 0.3) is 0 Å². The largest absolute Gasteiger partial charge is 0.477 e. The van der Waals surface area contributed by atoms with Gasteiger partial charge in [0.1, 0.15) is 12.4 Å². The van der Waals surface area contributed by atoms with E-state index >= 15 is 0 Å². The Balaban J connectivity index is 2.67. The summed E-state index contributed by atoms with van der Waals surface area (Å²) in [4.78, 5) is 8.65. The molecule has 0 aliphatic rings. The normalized spacial score (nSPS) is 11.4. The molecule has 1 heterocycles. The number of rotatable bonds is 9. The van der Waals surface area contributed by atoms with Gasteiger partial charge in [0.15, 0.2) is 5.82 Å². The van der Waals surface area contributed by atoms with Crippen molar-refractivity contribution >= 4 is 5.82 Å². The maximum absolute atomic E-state index is 5.69. The summed E-state index contributed by atoms with van der Waals surface area (Å²) in [5.41, 5.74) is -0.201. The van der Waals surface area contributed by atoms with Gasteiger partial charge in [-0.05, 0) is 20.8 Å². The van der Waals surface area contributed by atoms with Gasteiger partial charge in [-0.3, -0.25) is 0 Å². The second kappa shape index (κ2) is 8.01. The lowest BCUT2D eigenvalue weighted by atomic mass is 10.1. The van der Waals surface area contributed by atoms with E-state index in [1.165, 1.54) is 0 Å². The summed E-state index contributed by atoms with van der Waals surface area (Å²) in [6.45, 7) is 7.75. The zero-order valence-electron chi connectivity index (χ0n) is 13.0. The van der Waals surface area contributed by atoms with Crippen LogP contribution in [0.3, 0.4) is 0 Å².